The summed E-state index contributed by atoms with van der Waals surface area (Å²) in [4.78, 5) is 12.0. The first-order valence-electron chi connectivity index (χ1n) is 7.24. The van der Waals surface area contributed by atoms with Gasteiger partial charge in [0.1, 0.15) is 9.90 Å². The molecule has 1 fully saturated rings. The summed E-state index contributed by atoms with van der Waals surface area (Å²) in [6.07, 6.45) is 0. The minimum absolute atomic E-state index is 0.168. The van der Waals surface area contributed by atoms with Crippen molar-refractivity contribution in [3.8, 4) is 0 Å². The third-order valence-electron chi connectivity index (χ3n) is 3.87. The van der Waals surface area contributed by atoms with Crippen LogP contribution in [0.4, 0.5) is 15.8 Å². The molecule has 0 bridgehead atoms. The number of nitro benzene ring substituents is 1. The number of sulfonamides is 1. The van der Waals surface area contributed by atoms with Gasteiger partial charge in [0.05, 0.1) is 8.71 Å². The number of nitro groups is 1. The summed E-state index contributed by atoms with van der Waals surface area (Å²) in [5.41, 5.74) is -0.415. The molecule has 11 heteroatoms. The van der Waals surface area contributed by atoms with E-state index in [0.29, 0.717) is 0 Å². The van der Waals surface area contributed by atoms with Crippen LogP contribution in [-0.2, 0) is 10.0 Å². The summed E-state index contributed by atoms with van der Waals surface area (Å²) in [7, 11) is -3.59. The highest BCUT2D eigenvalue weighted by Crippen LogP contribution is 2.33. The van der Waals surface area contributed by atoms with Gasteiger partial charge >= 0.3 is 5.69 Å². The molecule has 0 atom stereocenters. The minimum atomic E-state index is -3.59. The van der Waals surface area contributed by atoms with Crippen LogP contribution in [0, 0.1) is 15.9 Å². The Hall–Kier alpha value is -1.56. The molecule has 2 heterocycles. The van der Waals surface area contributed by atoms with Gasteiger partial charge in [-0.05, 0) is 40.2 Å². The third kappa shape index (κ3) is 3.54. The van der Waals surface area contributed by atoms with E-state index in [0.717, 1.165) is 21.2 Å². The summed E-state index contributed by atoms with van der Waals surface area (Å²) in [6, 6.07) is 7.13. The van der Waals surface area contributed by atoms with Crippen LogP contribution in [-0.4, -0.2) is 43.8 Å². The standard InChI is InChI=1S/C14H13BrFN3O4S2/c15-12-4-5-13(24-12)25(22,23)18-8-6-17(7-9-18)11-3-1-2-10(16)14(11)19(20)21/h1-5H,6-9H2. The van der Waals surface area contributed by atoms with Crippen molar-refractivity contribution in [2.45, 2.75) is 4.21 Å². The predicted molar refractivity (Wildman–Crippen MR) is 96.0 cm³/mol. The second-order valence-corrected chi connectivity index (χ2v) is 9.94. The van der Waals surface area contributed by atoms with E-state index in [1.54, 1.807) is 11.0 Å². The van der Waals surface area contributed by atoms with Crippen molar-refractivity contribution >= 4 is 48.7 Å². The Balaban J connectivity index is 1.79. The Morgan fingerprint density at radius 3 is 2.40 bits per heavy atom. The Kier molecular flexibility index (Phi) is 5.09. The fraction of sp³-hybridized carbons (Fsp3) is 0.286. The van der Waals surface area contributed by atoms with Gasteiger partial charge in [0, 0.05) is 26.2 Å². The monoisotopic (exact) mass is 449 g/mol. The fourth-order valence-electron chi connectivity index (χ4n) is 2.67. The number of piperazine rings is 1. The van der Waals surface area contributed by atoms with E-state index in [4.69, 9.17) is 0 Å². The molecule has 1 aliphatic heterocycles. The van der Waals surface area contributed by atoms with Gasteiger partial charge in [0.15, 0.2) is 0 Å². The van der Waals surface area contributed by atoms with Crippen LogP contribution in [0.15, 0.2) is 38.3 Å². The maximum atomic E-state index is 13.8. The second-order valence-electron chi connectivity index (χ2n) is 5.31. The first-order chi connectivity index (χ1) is 11.8. The van der Waals surface area contributed by atoms with Crippen LogP contribution >= 0.6 is 27.3 Å². The van der Waals surface area contributed by atoms with Crippen LogP contribution in [0.2, 0.25) is 0 Å². The molecule has 0 amide bonds. The van der Waals surface area contributed by atoms with Gasteiger partial charge in [0.25, 0.3) is 10.0 Å². The number of hydrogen-bond acceptors (Lipinski definition) is 6. The SMILES string of the molecule is O=[N+]([O-])c1c(F)cccc1N1CCN(S(=O)(=O)c2ccc(Br)s2)CC1. The van der Waals surface area contributed by atoms with E-state index >= 15 is 0 Å². The molecule has 1 aliphatic rings. The molecule has 0 unspecified atom stereocenters. The Morgan fingerprint density at radius 2 is 1.84 bits per heavy atom. The van der Waals surface area contributed by atoms with Gasteiger partial charge < -0.3 is 4.90 Å². The lowest BCUT2D eigenvalue weighted by Crippen LogP contribution is -2.48. The van der Waals surface area contributed by atoms with Gasteiger partial charge in [-0.3, -0.25) is 10.1 Å². The molecular formula is C14H13BrFN3O4S2. The van der Waals surface area contributed by atoms with Crippen molar-refractivity contribution in [3.05, 3.63) is 50.0 Å². The van der Waals surface area contributed by atoms with Crippen molar-refractivity contribution in [3.63, 3.8) is 0 Å². The summed E-state index contributed by atoms with van der Waals surface area (Å²) in [5, 5.41) is 11.1. The zero-order valence-corrected chi connectivity index (χ0v) is 16.0. The van der Waals surface area contributed by atoms with E-state index < -0.39 is 26.5 Å². The first-order valence-corrected chi connectivity index (χ1v) is 10.3. The molecule has 0 aliphatic carbocycles. The lowest BCUT2D eigenvalue weighted by atomic mass is 10.2. The van der Waals surface area contributed by atoms with Crippen molar-refractivity contribution < 1.29 is 17.7 Å². The molecule has 1 aromatic heterocycles. The number of hydrogen-bond donors (Lipinski definition) is 0. The van der Waals surface area contributed by atoms with Gasteiger partial charge in [-0.15, -0.1) is 11.3 Å². The van der Waals surface area contributed by atoms with Crippen LogP contribution < -0.4 is 4.90 Å². The molecule has 7 nitrogen and oxygen atoms in total. The quantitative estimate of drug-likeness (QED) is 0.528. The third-order valence-corrected chi connectivity index (χ3v) is 7.86. The average Bonchev–Trinajstić information content (AvgIpc) is 3.01. The van der Waals surface area contributed by atoms with E-state index in [1.165, 1.54) is 22.5 Å². The minimum Gasteiger partial charge on any atom is -0.363 e. The van der Waals surface area contributed by atoms with Crippen molar-refractivity contribution in [1.29, 1.82) is 0 Å². The molecule has 0 saturated carbocycles. The number of halogens is 2. The summed E-state index contributed by atoms with van der Waals surface area (Å²) in [5.74, 6) is -0.902. The maximum Gasteiger partial charge on any atom is 0.327 e. The number of anilines is 1. The highest BCUT2D eigenvalue weighted by molar-refractivity contribution is 9.11. The predicted octanol–water partition coefficient (Wildman–Crippen LogP) is 3.07. The largest absolute Gasteiger partial charge is 0.363 e. The fourth-order valence-corrected chi connectivity index (χ4v) is 6.26. The van der Waals surface area contributed by atoms with Gasteiger partial charge in [0.2, 0.25) is 5.82 Å². The Morgan fingerprint density at radius 1 is 1.16 bits per heavy atom. The van der Waals surface area contributed by atoms with Crippen LogP contribution in [0.3, 0.4) is 0 Å². The molecule has 1 aromatic carbocycles. The van der Waals surface area contributed by atoms with Gasteiger partial charge in [-0.2, -0.15) is 8.70 Å². The van der Waals surface area contributed by atoms with E-state index in [-0.39, 0.29) is 36.1 Å². The van der Waals surface area contributed by atoms with Crippen LogP contribution in [0.1, 0.15) is 0 Å². The zero-order valence-electron chi connectivity index (χ0n) is 12.8. The summed E-state index contributed by atoms with van der Waals surface area (Å²) < 4.78 is 41.3. The number of benzene rings is 1. The van der Waals surface area contributed by atoms with E-state index in [9.17, 15) is 22.9 Å². The number of nitrogens with zero attached hydrogens (tertiary/aromatic N) is 3. The maximum absolute atomic E-state index is 13.8. The number of thiophene rings is 1. The molecule has 25 heavy (non-hydrogen) atoms. The molecular weight excluding hydrogens is 437 g/mol. The van der Waals surface area contributed by atoms with Crippen LogP contribution in [0.25, 0.3) is 0 Å². The van der Waals surface area contributed by atoms with Crippen molar-refractivity contribution in [2.75, 3.05) is 31.1 Å². The average molecular weight is 450 g/mol. The first kappa shape index (κ1) is 18.2. The van der Waals surface area contributed by atoms with Gasteiger partial charge in [-0.1, -0.05) is 6.07 Å². The van der Waals surface area contributed by atoms with Crippen molar-refractivity contribution in [1.82, 2.24) is 4.31 Å². The van der Waals surface area contributed by atoms with Crippen molar-refractivity contribution in [2.24, 2.45) is 0 Å². The summed E-state index contributed by atoms with van der Waals surface area (Å²) >= 11 is 4.37. The molecule has 3 rings (SSSR count). The highest BCUT2D eigenvalue weighted by Gasteiger charge is 2.32. The summed E-state index contributed by atoms with van der Waals surface area (Å²) in [6.45, 7) is 0.836. The zero-order chi connectivity index (χ0) is 18.2. The molecule has 0 N–H and O–H groups in total. The molecule has 0 spiro atoms. The molecule has 0 radical (unpaired) electrons. The number of rotatable bonds is 4. The topological polar surface area (TPSA) is 83.8 Å². The Bertz CT molecular complexity index is 911. The lowest BCUT2D eigenvalue weighted by molar-refractivity contribution is -0.386. The second kappa shape index (κ2) is 6.98. The van der Waals surface area contributed by atoms with E-state index in [2.05, 4.69) is 15.9 Å². The smallest absolute Gasteiger partial charge is 0.327 e. The van der Waals surface area contributed by atoms with E-state index in [1.807, 2.05) is 0 Å². The molecule has 2 aromatic rings. The normalized spacial score (nSPS) is 16.2. The molecule has 1 saturated heterocycles. The lowest BCUT2D eigenvalue weighted by Gasteiger charge is -2.34. The Labute approximate surface area is 156 Å². The number of para-hydroxylation sites is 1. The van der Waals surface area contributed by atoms with Crippen LogP contribution in [0.5, 0.6) is 0 Å². The van der Waals surface area contributed by atoms with Gasteiger partial charge in [-0.25, -0.2) is 8.42 Å². The highest BCUT2D eigenvalue weighted by atomic mass is 79.9. The molecule has 134 valence electrons.